The van der Waals surface area contributed by atoms with Gasteiger partial charge in [-0.05, 0) is 19.9 Å². The normalized spacial score (nSPS) is 19.6. The molecule has 5 nitrogen and oxygen atoms in total. The molecule has 19 heavy (non-hydrogen) atoms. The highest BCUT2D eigenvalue weighted by atomic mass is 16.2. The van der Waals surface area contributed by atoms with Crippen molar-refractivity contribution in [1.29, 1.82) is 0 Å². The van der Waals surface area contributed by atoms with Crippen molar-refractivity contribution >= 4 is 11.7 Å². The molecule has 1 aliphatic rings. The first-order valence-corrected chi connectivity index (χ1v) is 6.59. The summed E-state index contributed by atoms with van der Waals surface area (Å²) >= 11 is 0. The Balaban J connectivity index is 2.21. The Labute approximate surface area is 114 Å². The first-order valence-electron chi connectivity index (χ1n) is 6.59. The number of rotatable bonds is 3. The van der Waals surface area contributed by atoms with Crippen molar-refractivity contribution in [1.82, 2.24) is 14.8 Å². The highest BCUT2D eigenvalue weighted by Gasteiger charge is 2.40. The summed E-state index contributed by atoms with van der Waals surface area (Å²) < 4.78 is 0. The Morgan fingerprint density at radius 1 is 1.42 bits per heavy atom. The lowest BCUT2D eigenvalue weighted by Crippen LogP contribution is -2.61. The van der Waals surface area contributed by atoms with Crippen LogP contribution in [0.4, 0.5) is 5.82 Å². The lowest BCUT2D eigenvalue weighted by molar-refractivity contribution is -0.147. The maximum absolute atomic E-state index is 12.3. The first kappa shape index (κ1) is 13.8. The number of likely N-dealkylation sites (N-methyl/N-ethyl adjacent to an activating group) is 1. The molecular weight excluding hydrogens is 240 g/mol. The summed E-state index contributed by atoms with van der Waals surface area (Å²) in [5, 5.41) is 3.10. The number of piperazine rings is 1. The zero-order valence-electron chi connectivity index (χ0n) is 12.1. The molecule has 0 saturated carbocycles. The number of nitrogens with one attached hydrogen (secondary N) is 1. The van der Waals surface area contributed by atoms with E-state index >= 15 is 0 Å². The molecule has 1 fully saturated rings. The van der Waals surface area contributed by atoms with Gasteiger partial charge in [-0.1, -0.05) is 6.07 Å². The molecule has 1 aliphatic heterocycles. The predicted octanol–water partition coefficient (Wildman–Crippen LogP) is 1.18. The monoisotopic (exact) mass is 262 g/mol. The van der Waals surface area contributed by atoms with Crippen LogP contribution in [-0.2, 0) is 11.3 Å². The van der Waals surface area contributed by atoms with Gasteiger partial charge in [0, 0.05) is 45.5 Å². The molecule has 0 unspecified atom stereocenters. The molecular formula is C14H22N4O. The largest absolute Gasteiger partial charge is 0.373 e. The van der Waals surface area contributed by atoms with E-state index in [1.165, 1.54) is 0 Å². The van der Waals surface area contributed by atoms with Crippen LogP contribution in [0, 0.1) is 0 Å². The molecule has 0 aliphatic carbocycles. The number of carbonyl (C=O) groups excluding carboxylic acids is 1. The van der Waals surface area contributed by atoms with E-state index in [1.54, 1.807) is 11.1 Å². The van der Waals surface area contributed by atoms with E-state index < -0.39 is 5.54 Å². The Morgan fingerprint density at radius 2 is 2.16 bits per heavy atom. The molecule has 1 N–H and O–H groups in total. The van der Waals surface area contributed by atoms with Crippen LogP contribution in [0.15, 0.2) is 18.3 Å². The SMILES string of the molecule is CNc1ncccc1CN1CCN(C)C(=O)C1(C)C. The fraction of sp³-hybridized carbons (Fsp3) is 0.571. The van der Waals surface area contributed by atoms with E-state index in [9.17, 15) is 4.79 Å². The maximum atomic E-state index is 12.3. The van der Waals surface area contributed by atoms with Crippen molar-refractivity contribution < 1.29 is 4.79 Å². The second-order valence-electron chi connectivity index (χ2n) is 5.47. The van der Waals surface area contributed by atoms with Gasteiger partial charge in [0.15, 0.2) is 0 Å². The Bertz CT molecular complexity index is 472. The summed E-state index contributed by atoms with van der Waals surface area (Å²) in [4.78, 5) is 20.6. The molecule has 1 aromatic heterocycles. The quantitative estimate of drug-likeness (QED) is 0.888. The summed E-state index contributed by atoms with van der Waals surface area (Å²) in [6.45, 7) is 6.36. The van der Waals surface area contributed by atoms with Gasteiger partial charge < -0.3 is 10.2 Å². The molecule has 0 spiro atoms. The van der Waals surface area contributed by atoms with Gasteiger partial charge in [0.2, 0.25) is 5.91 Å². The van der Waals surface area contributed by atoms with Gasteiger partial charge in [-0.3, -0.25) is 9.69 Å². The van der Waals surface area contributed by atoms with Crippen molar-refractivity contribution in [2.75, 3.05) is 32.5 Å². The number of amides is 1. The van der Waals surface area contributed by atoms with Crippen LogP contribution in [-0.4, -0.2) is 53.4 Å². The number of hydrogen-bond acceptors (Lipinski definition) is 4. The van der Waals surface area contributed by atoms with Crippen molar-refractivity contribution in [2.24, 2.45) is 0 Å². The second kappa shape index (κ2) is 5.17. The zero-order chi connectivity index (χ0) is 14.0. The third kappa shape index (κ3) is 2.56. The standard InChI is InChI=1S/C14H22N4O/c1-14(2)13(19)17(4)8-9-18(14)10-11-6-5-7-16-12(11)15-3/h5-7H,8-10H2,1-4H3,(H,15,16). The fourth-order valence-electron chi connectivity index (χ4n) is 2.53. The molecule has 0 atom stereocenters. The highest BCUT2D eigenvalue weighted by Crippen LogP contribution is 2.25. The third-order valence-electron chi connectivity index (χ3n) is 3.86. The number of aromatic nitrogens is 1. The molecule has 0 bridgehead atoms. The van der Waals surface area contributed by atoms with Crippen molar-refractivity contribution in [3.05, 3.63) is 23.9 Å². The van der Waals surface area contributed by atoms with Gasteiger partial charge in [0.05, 0.1) is 5.54 Å². The summed E-state index contributed by atoms with van der Waals surface area (Å²) in [5.41, 5.74) is 0.656. The van der Waals surface area contributed by atoms with Gasteiger partial charge in [-0.15, -0.1) is 0 Å². The summed E-state index contributed by atoms with van der Waals surface area (Å²) in [7, 11) is 3.73. The first-order chi connectivity index (χ1) is 8.96. The predicted molar refractivity (Wildman–Crippen MR) is 75.9 cm³/mol. The number of anilines is 1. The van der Waals surface area contributed by atoms with E-state index in [4.69, 9.17) is 0 Å². The van der Waals surface area contributed by atoms with Crippen LogP contribution in [0.3, 0.4) is 0 Å². The number of hydrogen-bond donors (Lipinski definition) is 1. The smallest absolute Gasteiger partial charge is 0.242 e. The minimum Gasteiger partial charge on any atom is -0.373 e. The van der Waals surface area contributed by atoms with Gasteiger partial charge in [0.1, 0.15) is 5.82 Å². The Kier molecular flexibility index (Phi) is 3.75. The minimum atomic E-state index is -0.464. The van der Waals surface area contributed by atoms with Gasteiger partial charge in [-0.2, -0.15) is 0 Å². The lowest BCUT2D eigenvalue weighted by Gasteiger charge is -2.44. The van der Waals surface area contributed by atoms with Crippen LogP contribution in [0.5, 0.6) is 0 Å². The van der Waals surface area contributed by atoms with E-state index in [-0.39, 0.29) is 5.91 Å². The van der Waals surface area contributed by atoms with Crippen LogP contribution in [0.2, 0.25) is 0 Å². The molecule has 5 heteroatoms. The number of nitrogens with zero attached hydrogens (tertiary/aromatic N) is 3. The average molecular weight is 262 g/mol. The molecule has 1 saturated heterocycles. The highest BCUT2D eigenvalue weighted by molar-refractivity contribution is 5.86. The van der Waals surface area contributed by atoms with Crippen molar-refractivity contribution in [3.63, 3.8) is 0 Å². The Morgan fingerprint density at radius 3 is 2.84 bits per heavy atom. The molecule has 2 heterocycles. The topological polar surface area (TPSA) is 48.5 Å². The van der Waals surface area contributed by atoms with Crippen LogP contribution >= 0.6 is 0 Å². The van der Waals surface area contributed by atoms with Gasteiger partial charge in [0.25, 0.3) is 0 Å². The molecule has 2 rings (SSSR count). The van der Waals surface area contributed by atoms with Gasteiger partial charge >= 0.3 is 0 Å². The number of pyridine rings is 1. The van der Waals surface area contributed by atoms with E-state index in [1.807, 2.05) is 34.0 Å². The molecule has 1 amide bonds. The lowest BCUT2D eigenvalue weighted by atomic mass is 9.97. The van der Waals surface area contributed by atoms with Gasteiger partial charge in [-0.25, -0.2) is 4.98 Å². The summed E-state index contributed by atoms with van der Waals surface area (Å²) in [6.07, 6.45) is 1.77. The second-order valence-corrected chi connectivity index (χ2v) is 5.47. The van der Waals surface area contributed by atoms with Crippen molar-refractivity contribution in [3.8, 4) is 0 Å². The van der Waals surface area contributed by atoms with E-state index in [0.717, 1.165) is 31.0 Å². The number of carbonyl (C=O) groups is 1. The van der Waals surface area contributed by atoms with Crippen molar-refractivity contribution in [2.45, 2.75) is 25.9 Å². The van der Waals surface area contributed by atoms with Crippen LogP contribution in [0.25, 0.3) is 0 Å². The Hall–Kier alpha value is -1.62. The molecule has 104 valence electrons. The summed E-state index contributed by atoms with van der Waals surface area (Å²) in [6, 6.07) is 3.98. The minimum absolute atomic E-state index is 0.175. The van der Waals surface area contributed by atoms with Crippen LogP contribution < -0.4 is 5.32 Å². The zero-order valence-corrected chi connectivity index (χ0v) is 12.1. The average Bonchev–Trinajstić information content (AvgIpc) is 2.40. The molecule has 0 radical (unpaired) electrons. The van der Waals surface area contributed by atoms with E-state index in [0.29, 0.717) is 0 Å². The summed E-state index contributed by atoms with van der Waals surface area (Å²) in [5.74, 6) is 1.05. The maximum Gasteiger partial charge on any atom is 0.242 e. The van der Waals surface area contributed by atoms with Crippen LogP contribution in [0.1, 0.15) is 19.4 Å². The molecule has 0 aromatic carbocycles. The third-order valence-corrected chi connectivity index (χ3v) is 3.86. The molecule has 1 aromatic rings. The fourth-order valence-corrected chi connectivity index (χ4v) is 2.53. The van der Waals surface area contributed by atoms with E-state index in [2.05, 4.69) is 21.3 Å².